The number of pyridine rings is 1. The molecule has 5 aromatic rings. The van der Waals surface area contributed by atoms with Crippen LogP contribution in [0.3, 0.4) is 0 Å². The largest absolute Gasteiger partial charge is 0.369 e. The van der Waals surface area contributed by atoms with Gasteiger partial charge in [-0.05, 0) is 67.2 Å². The number of fused-ring (bicyclic) bond motifs is 1. The number of aromatic amines is 1. The smallest absolute Gasteiger partial charge is 0.270 e. The highest BCUT2D eigenvalue weighted by molar-refractivity contribution is 6.05. The Morgan fingerprint density at radius 1 is 0.953 bits per heavy atom. The van der Waals surface area contributed by atoms with Gasteiger partial charge in [0, 0.05) is 100 Å². The van der Waals surface area contributed by atoms with Gasteiger partial charge in [0.2, 0.25) is 17.7 Å². The van der Waals surface area contributed by atoms with Crippen LogP contribution in [-0.4, -0.2) is 124 Å². The number of piperidine rings is 2. The SMILES string of the molecule is CN(C)C(=O)c1cc2c(-c3cc(F)c(N4CCC5(CC4)CN(c4ccc(C(=O)NC6CCC(=O)NC6=O)nc4)C5)cc3F)cc(C3=CCCN(C(=O)CCn4ccnn4)C3)c(F)c2[nH]1. The molecule has 0 aliphatic carbocycles. The molecule has 9 rings (SSSR count). The van der Waals surface area contributed by atoms with Crippen molar-refractivity contribution in [3.63, 3.8) is 0 Å². The Morgan fingerprint density at radius 2 is 1.75 bits per heavy atom. The van der Waals surface area contributed by atoms with E-state index in [-0.39, 0.29) is 87.7 Å². The zero-order chi connectivity index (χ0) is 44.9. The highest BCUT2D eigenvalue weighted by Gasteiger charge is 2.45. The number of H-pyrrole nitrogens is 1. The predicted molar refractivity (Wildman–Crippen MR) is 229 cm³/mol. The Morgan fingerprint density at radius 3 is 2.45 bits per heavy atom. The van der Waals surface area contributed by atoms with Gasteiger partial charge in [-0.2, -0.15) is 0 Å². The lowest BCUT2D eigenvalue weighted by molar-refractivity contribution is -0.134. The number of carbonyl (C=O) groups excluding carboxylic acids is 5. The molecule has 16 nitrogen and oxygen atoms in total. The van der Waals surface area contributed by atoms with Crippen LogP contribution in [0.5, 0.6) is 0 Å². The average Bonchev–Trinajstić information content (AvgIpc) is 3.98. The molecule has 1 atom stereocenters. The number of anilines is 2. The zero-order valence-electron chi connectivity index (χ0n) is 35.3. The van der Waals surface area contributed by atoms with E-state index in [0.717, 1.165) is 37.7 Å². The Kier molecular flexibility index (Phi) is 11.2. The number of aromatic nitrogens is 5. The van der Waals surface area contributed by atoms with Gasteiger partial charge in [-0.15, -0.1) is 5.10 Å². The van der Waals surface area contributed by atoms with Crippen LogP contribution in [0.1, 0.15) is 65.1 Å². The summed E-state index contributed by atoms with van der Waals surface area (Å²) in [6.45, 7) is 3.29. The molecule has 3 N–H and O–H groups in total. The number of halogens is 3. The Hall–Kier alpha value is -7.05. The van der Waals surface area contributed by atoms with Gasteiger partial charge in [-0.1, -0.05) is 11.3 Å². The van der Waals surface area contributed by atoms with E-state index in [1.165, 1.54) is 29.3 Å². The first kappa shape index (κ1) is 42.3. The van der Waals surface area contributed by atoms with Crippen molar-refractivity contribution in [2.24, 2.45) is 5.41 Å². The summed E-state index contributed by atoms with van der Waals surface area (Å²) in [7, 11) is 3.12. The second-order valence-electron chi connectivity index (χ2n) is 17.2. The molecule has 64 heavy (non-hydrogen) atoms. The van der Waals surface area contributed by atoms with Crippen LogP contribution in [-0.2, 0) is 20.9 Å². The summed E-state index contributed by atoms with van der Waals surface area (Å²) in [4.78, 5) is 76.7. The third-order valence-corrected chi connectivity index (χ3v) is 12.8. The van der Waals surface area contributed by atoms with Gasteiger partial charge >= 0.3 is 0 Å². The summed E-state index contributed by atoms with van der Waals surface area (Å²) in [6, 6.07) is 7.84. The number of aryl methyl sites for hydroxylation is 1. The topological polar surface area (TPSA) is 182 Å². The van der Waals surface area contributed by atoms with Crippen molar-refractivity contribution in [3.8, 4) is 11.1 Å². The predicted octanol–water partition coefficient (Wildman–Crippen LogP) is 4.29. The Balaban J connectivity index is 0.897. The van der Waals surface area contributed by atoms with E-state index in [2.05, 4.69) is 35.8 Å². The fourth-order valence-corrected chi connectivity index (χ4v) is 9.19. The monoisotopic (exact) mass is 877 g/mol. The molecule has 332 valence electrons. The normalized spacial score (nSPS) is 18.5. The van der Waals surface area contributed by atoms with Crippen molar-refractivity contribution in [2.75, 3.05) is 63.2 Å². The van der Waals surface area contributed by atoms with Gasteiger partial charge in [-0.25, -0.2) is 18.2 Å². The summed E-state index contributed by atoms with van der Waals surface area (Å²) in [5.41, 5.74) is 1.84. The molecule has 4 aliphatic rings. The molecule has 1 unspecified atom stereocenters. The fraction of sp³-hybridized carbons (Fsp3) is 0.378. The van der Waals surface area contributed by atoms with Gasteiger partial charge in [0.15, 0.2) is 5.82 Å². The van der Waals surface area contributed by atoms with E-state index in [0.29, 0.717) is 38.2 Å². The number of nitrogens with zero attached hydrogens (tertiary/aromatic N) is 8. The number of amides is 5. The van der Waals surface area contributed by atoms with Crippen LogP contribution >= 0.6 is 0 Å². The number of nitrogens with one attached hydrogen (secondary N) is 3. The minimum absolute atomic E-state index is 0.0324. The highest BCUT2D eigenvalue weighted by Crippen LogP contribution is 2.45. The van der Waals surface area contributed by atoms with E-state index < -0.39 is 41.2 Å². The molecule has 5 amide bonds. The van der Waals surface area contributed by atoms with E-state index >= 15 is 13.2 Å². The van der Waals surface area contributed by atoms with Crippen molar-refractivity contribution >= 4 is 57.4 Å². The first-order valence-electron chi connectivity index (χ1n) is 21.2. The maximum Gasteiger partial charge on any atom is 0.270 e. The molecular formula is C45H46F3N11O5. The summed E-state index contributed by atoms with van der Waals surface area (Å²) in [5, 5.41) is 12.7. The Bertz CT molecular complexity index is 2700. The molecule has 1 spiro atoms. The third-order valence-electron chi connectivity index (χ3n) is 12.8. The molecule has 3 aromatic heterocycles. The fourth-order valence-electron chi connectivity index (χ4n) is 9.19. The second kappa shape index (κ2) is 16.9. The van der Waals surface area contributed by atoms with Crippen molar-refractivity contribution in [1.82, 2.24) is 45.4 Å². The summed E-state index contributed by atoms with van der Waals surface area (Å²) >= 11 is 0. The summed E-state index contributed by atoms with van der Waals surface area (Å²) < 4.78 is 51.0. The minimum atomic E-state index is -0.802. The number of hydrogen-bond donors (Lipinski definition) is 3. The van der Waals surface area contributed by atoms with Gasteiger partial charge in [0.05, 0.1) is 35.8 Å². The molecule has 19 heteroatoms. The van der Waals surface area contributed by atoms with Gasteiger partial charge < -0.3 is 29.9 Å². The minimum Gasteiger partial charge on any atom is -0.369 e. The molecule has 0 radical (unpaired) electrons. The molecule has 3 saturated heterocycles. The molecule has 0 bridgehead atoms. The molecular weight excluding hydrogens is 832 g/mol. The number of carbonyl (C=O) groups is 5. The standard InChI is InChI=1S/C45H46F3N11O5/c1-55(2)44(64)36-20-31-29(18-28(40(48)41(31)51-36)26-4-3-13-57(23-26)39(61)9-14-59-17-12-50-54-59)30-19-33(47)37(21-32(30)46)56-15-10-45(11-16-56)24-58(25-45)27-5-6-34(49-22-27)42(62)52-35-7-8-38(60)53-43(35)63/h4-6,12,17-22,35,51H,3,7-11,13-16,23-25H2,1-2H3,(H,52,62)(H,53,60,63). The van der Waals surface area contributed by atoms with E-state index in [9.17, 15) is 24.0 Å². The number of benzene rings is 2. The summed E-state index contributed by atoms with van der Waals surface area (Å²) in [5.74, 6) is -4.01. The maximum absolute atomic E-state index is 16.6. The van der Waals surface area contributed by atoms with Crippen LogP contribution in [0.2, 0.25) is 0 Å². The van der Waals surface area contributed by atoms with Crippen molar-refractivity contribution in [1.29, 1.82) is 0 Å². The van der Waals surface area contributed by atoms with Crippen LogP contribution in [0.25, 0.3) is 27.6 Å². The lowest BCUT2D eigenvalue weighted by Gasteiger charge is -2.55. The number of rotatable bonds is 10. The summed E-state index contributed by atoms with van der Waals surface area (Å²) in [6.07, 6.45) is 9.10. The quantitative estimate of drug-likeness (QED) is 0.171. The van der Waals surface area contributed by atoms with Crippen LogP contribution in [0.15, 0.2) is 61.1 Å². The first-order chi connectivity index (χ1) is 30.8. The molecule has 3 fully saturated rings. The van der Waals surface area contributed by atoms with Crippen LogP contribution in [0.4, 0.5) is 24.5 Å². The van der Waals surface area contributed by atoms with Crippen molar-refractivity contribution < 1.29 is 37.1 Å². The van der Waals surface area contributed by atoms with E-state index in [4.69, 9.17) is 0 Å². The zero-order valence-corrected chi connectivity index (χ0v) is 35.3. The average molecular weight is 878 g/mol. The number of hydrogen-bond acceptors (Lipinski definition) is 10. The lowest BCUT2D eigenvalue weighted by atomic mass is 9.71. The Labute approximate surface area is 365 Å². The van der Waals surface area contributed by atoms with Gasteiger partial charge in [-0.3, -0.25) is 34.0 Å². The molecule has 0 saturated carbocycles. The molecule has 2 aromatic carbocycles. The lowest BCUT2D eigenvalue weighted by Crippen LogP contribution is -2.60. The number of imide groups is 1. The van der Waals surface area contributed by atoms with Crippen LogP contribution in [0, 0.1) is 22.9 Å². The second-order valence-corrected chi connectivity index (χ2v) is 17.2. The van der Waals surface area contributed by atoms with Crippen LogP contribution < -0.4 is 20.4 Å². The third kappa shape index (κ3) is 8.17. The van der Waals surface area contributed by atoms with Gasteiger partial charge in [0.1, 0.15) is 29.1 Å². The highest BCUT2D eigenvalue weighted by atomic mass is 19.1. The van der Waals surface area contributed by atoms with E-state index in [1.807, 2.05) is 11.0 Å². The maximum atomic E-state index is 16.6. The van der Waals surface area contributed by atoms with Crippen molar-refractivity contribution in [2.45, 2.75) is 51.1 Å². The van der Waals surface area contributed by atoms with E-state index in [1.54, 1.807) is 48.2 Å². The first-order valence-corrected chi connectivity index (χ1v) is 21.2. The molecule has 4 aliphatic heterocycles. The molecule has 7 heterocycles. The van der Waals surface area contributed by atoms with Crippen molar-refractivity contribution in [3.05, 3.63) is 95.5 Å². The van der Waals surface area contributed by atoms with Gasteiger partial charge in [0.25, 0.3) is 11.8 Å².